The number of hydrogen-bond donors (Lipinski definition) is 0. The van der Waals surface area contributed by atoms with Gasteiger partial charge in [0.1, 0.15) is 6.10 Å². The molecule has 0 saturated carbocycles. The van der Waals surface area contributed by atoms with Crippen molar-refractivity contribution in [3.63, 3.8) is 0 Å². The third kappa shape index (κ3) is 5.00. The van der Waals surface area contributed by atoms with E-state index in [0.717, 1.165) is 19.3 Å². The lowest BCUT2D eigenvalue weighted by atomic mass is 9.89. The molecular weight excluding hydrogens is 222 g/mol. The highest BCUT2D eigenvalue weighted by Crippen LogP contribution is 2.27. The highest BCUT2D eigenvalue weighted by Gasteiger charge is 2.34. The maximum Gasteiger partial charge on any atom is 0.230 e. The zero-order valence-electron chi connectivity index (χ0n) is 11.1. The molecule has 0 radical (unpaired) electrons. The van der Waals surface area contributed by atoms with Crippen LogP contribution < -0.4 is 0 Å². The van der Waals surface area contributed by atoms with Crippen LogP contribution in [0.3, 0.4) is 0 Å². The molecule has 1 fully saturated rings. The fourth-order valence-corrected chi connectivity index (χ4v) is 1.91. The van der Waals surface area contributed by atoms with Crippen LogP contribution in [0.25, 0.3) is 0 Å². The van der Waals surface area contributed by atoms with Crippen molar-refractivity contribution in [3.05, 3.63) is 10.1 Å². The fourth-order valence-electron chi connectivity index (χ4n) is 1.91. The number of nitro groups is 1. The third-order valence-corrected chi connectivity index (χ3v) is 3.03. The number of hydrogen-bond acceptors (Lipinski definition) is 4. The van der Waals surface area contributed by atoms with Gasteiger partial charge in [-0.1, -0.05) is 20.8 Å². The molecule has 0 aromatic carbocycles. The minimum absolute atomic E-state index is 0.169. The molecule has 3 atom stereocenters. The summed E-state index contributed by atoms with van der Waals surface area (Å²) in [6.45, 7) is 7.70. The summed E-state index contributed by atoms with van der Waals surface area (Å²) < 4.78 is 11.4. The van der Waals surface area contributed by atoms with E-state index in [-0.39, 0.29) is 29.3 Å². The minimum atomic E-state index is -0.409. The number of nitrogens with zero attached hydrogens (tertiary/aromatic N) is 1. The average Bonchev–Trinajstić information content (AvgIpc) is 2.14. The lowest BCUT2D eigenvalue weighted by Gasteiger charge is -2.34. The zero-order valence-corrected chi connectivity index (χ0v) is 11.1. The van der Waals surface area contributed by atoms with Crippen molar-refractivity contribution in [3.8, 4) is 0 Å². The Labute approximate surface area is 103 Å². The molecular formula is C12H23NO4. The molecule has 17 heavy (non-hydrogen) atoms. The molecule has 1 unspecified atom stereocenters. The number of rotatable bonds is 4. The molecule has 1 aliphatic heterocycles. The van der Waals surface area contributed by atoms with Crippen molar-refractivity contribution in [2.75, 3.05) is 6.54 Å². The Hall–Kier alpha value is -0.680. The van der Waals surface area contributed by atoms with Crippen LogP contribution in [0, 0.1) is 15.5 Å². The Bertz CT molecular complexity index is 262. The third-order valence-electron chi connectivity index (χ3n) is 3.03. The quantitative estimate of drug-likeness (QED) is 0.564. The van der Waals surface area contributed by atoms with E-state index in [1.54, 1.807) is 0 Å². The van der Waals surface area contributed by atoms with Crippen molar-refractivity contribution in [2.45, 2.75) is 65.5 Å². The van der Waals surface area contributed by atoms with Gasteiger partial charge in [0.05, 0.1) is 6.10 Å². The first-order chi connectivity index (χ1) is 7.79. The number of ether oxygens (including phenoxy) is 2. The summed E-state index contributed by atoms with van der Waals surface area (Å²) >= 11 is 0. The summed E-state index contributed by atoms with van der Waals surface area (Å²) in [7, 11) is 0. The Morgan fingerprint density at radius 2 is 2.12 bits per heavy atom. The van der Waals surface area contributed by atoms with Gasteiger partial charge < -0.3 is 9.47 Å². The molecule has 1 rings (SSSR count). The van der Waals surface area contributed by atoms with Crippen molar-refractivity contribution >= 4 is 0 Å². The lowest BCUT2D eigenvalue weighted by Crippen LogP contribution is -2.41. The largest absolute Gasteiger partial charge is 0.350 e. The summed E-state index contributed by atoms with van der Waals surface area (Å²) in [4.78, 5) is 10.3. The molecule has 0 bridgehead atoms. The van der Waals surface area contributed by atoms with Crippen LogP contribution in [-0.4, -0.2) is 30.0 Å². The second kappa shape index (κ2) is 5.78. The van der Waals surface area contributed by atoms with E-state index < -0.39 is 6.10 Å². The van der Waals surface area contributed by atoms with Gasteiger partial charge in [0, 0.05) is 4.92 Å². The predicted octanol–water partition coefficient (Wildman–Crippen LogP) is 2.61. The van der Waals surface area contributed by atoms with Gasteiger partial charge in [-0.05, 0) is 31.6 Å². The van der Waals surface area contributed by atoms with Crippen molar-refractivity contribution < 1.29 is 14.4 Å². The standard InChI is InChI=1S/C12H23NO4/c1-9-6-5-7-11(16-9)17-10(8-13(14)15)12(2,3)4/h9-11H,5-8H2,1-4H3/t9-,10+,11?/m1/s1. The van der Waals surface area contributed by atoms with Crippen molar-refractivity contribution in [1.82, 2.24) is 0 Å². The van der Waals surface area contributed by atoms with E-state index in [9.17, 15) is 10.1 Å². The van der Waals surface area contributed by atoms with Crippen LogP contribution in [0.2, 0.25) is 0 Å². The van der Waals surface area contributed by atoms with Crippen molar-refractivity contribution in [1.29, 1.82) is 0 Å². The first kappa shape index (κ1) is 14.4. The van der Waals surface area contributed by atoms with E-state index in [0.29, 0.717) is 0 Å². The van der Waals surface area contributed by atoms with E-state index in [4.69, 9.17) is 9.47 Å². The molecule has 0 amide bonds. The van der Waals surface area contributed by atoms with E-state index in [1.165, 1.54) is 0 Å². The van der Waals surface area contributed by atoms with Crippen LogP contribution in [0.5, 0.6) is 0 Å². The summed E-state index contributed by atoms with van der Waals surface area (Å²) in [5.74, 6) is 0. The molecule has 1 heterocycles. The Kier molecular flexibility index (Phi) is 4.89. The van der Waals surface area contributed by atoms with Gasteiger partial charge in [0.2, 0.25) is 6.54 Å². The maximum absolute atomic E-state index is 10.6. The predicted molar refractivity (Wildman–Crippen MR) is 64.4 cm³/mol. The summed E-state index contributed by atoms with van der Waals surface area (Å²) in [6, 6.07) is 0. The molecule has 0 aromatic rings. The van der Waals surface area contributed by atoms with Crippen LogP contribution >= 0.6 is 0 Å². The second-order valence-corrected chi connectivity index (χ2v) is 5.81. The van der Waals surface area contributed by atoms with Gasteiger partial charge in [0.25, 0.3) is 0 Å². The summed E-state index contributed by atoms with van der Waals surface area (Å²) in [5.41, 5.74) is -0.253. The highest BCUT2D eigenvalue weighted by molar-refractivity contribution is 4.75. The van der Waals surface area contributed by atoms with Gasteiger partial charge in [-0.2, -0.15) is 0 Å². The van der Waals surface area contributed by atoms with Gasteiger partial charge in [-0.15, -0.1) is 0 Å². The lowest BCUT2D eigenvalue weighted by molar-refractivity contribution is -0.499. The van der Waals surface area contributed by atoms with Crippen LogP contribution in [0.1, 0.15) is 47.0 Å². The molecule has 0 aliphatic carbocycles. The van der Waals surface area contributed by atoms with Crippen LogP contribution in [0.4, 0.5) is 0 Å². The van der Waals surface area contributed by atoms with Crippen LogP contribution in [0.15, 0.2) is 0 Å². The van der Waals surface area contributed by atoms with Gasteiger partial charge in [-0.25, -0.2) is 0 Å². The molecule has 1 aliphatic rings. The average molecular weight is 245 g/mol. The van der Waals surface area contributed by atoms with Crippen molar-refractivity contribution in [2.24, 2.45) is 5.41 Å². The molecule has 0 N–H and O–H groups in total. The molecule has 1 saturated heterocycles. The Morgan fingerprint density at radius 1 is 1.47 bits per heavy atom. The van der Waals surface area contributed by atoms with E-state index in [2.05, 4.69) is 0 Å². The normalized spacial score (nSPS) is 27.8. The minimum Gasteiger partial charge on any atom is -0.350 e. The second-order valence-electron chi connectivity index (χ2n) is 5.81. The first-order valence-electron chi connectivity index (χ1n) is 6.21. The zero-order chi connectivity index (χ0) is 13.1. The summed E-state index contributed by atoms with van der Waals surface area (Å²) in [6.07, 6.45) is 2.41. The monoisotopic (exact) mass is 245 g/mol. The van der Waals surface area contributed by atoms with E-state index in [1.807, 2.05) is 27.7 Å². The molecule has 0 aromatic heterocycles. The fraction of sp³-hybridized carbons (Fsp3) is 1.00. The maximum atomic E-state index is 10.6. The van der Waals surface area contributed by atoms with Gasteiger partial charge in [-0.3, -0.25) is 10.1 Å². The van der Waals surface area contributed by atoms with E-state index >= 15 is 0 Å². The first-order valence-corrected chi connectivity index (χ1v) is 6.21. The summed E-state index contributed by atoms with van der Waals surface area (Å²) in [5, 5.41) is 10.6. The SMILES string of the molecule is C[C@@H]1CCCC(O[C@@H](C[N+](=O)[O-])C(C)(C)C)O1. The van der Waals surface area contributed by atoms with Crippen LogP contribution in [-0.2, 0) is 9.47 Å². The molecule has 5 nitrogen and oxygen atoms in total. The Morgan fingerprint density at radius 3 is 2.59 bits per heavy atom. The topological polar surface area (TPSA) is 61.6 Å². The highest BCUT2D eigenvalue weighted by atomic mass is 16.7. The molecule has 0 spiro atoms. The molecule has 5 heteroatoms. The van der Waals surface area contributed by atoms with Gasteiger partial charge in [0.15, 0.2) is 6.29 Å². The molecule has 100 valence electrons. The van der Waals surface area contributed by atoms with Gasteiger partial charge >= 0.3 is 0 Å². The Balaban J connectivity index is 2.56. The smallest absolute Gasteiger partial charge is 0.230 e.